The van der Waals surface area contributed by atoms with Crippen molar-refractivity contribution >= 4 is 11.8 Å². The molecule has 3 fully saturated rings. The molecule has 1 N–H and O–H groups in total. The SMILES string of the molecule is COC1CCC(NC2CCOC3(CCSCC3)C2)C1. The van der Waals surface area contributed by atoms with Crippen molar-refractivity contribution in [1.82, 2.24) is 5.32 Å². The van der Waals surface area contributed by atoms with E-state index < -0.39 is 0 Å². The highest BCUT2D eigenvalue weighted by molar-refractivity contribution is 7.99. The monoisotopic (exact) mass is 285 g/mol. The molecule has 2 aliphatic heterocycles. The van der Waals surface area contributed by atoms with E-state index in [2.05, 4.69) is 17.1 Å². The Hall–Kier alpha value is 0.230. The predicted molar refractivity (Wildman–Crippen MR) is 79.8 cm³/mol. The maximum absolute atomic E-state index is 6.17. The third-order valence-electron chi connectivity index (χ3n) is 5.09. The lowest BCUT2D eigenvalue weighted by atomic mass is 9.85. The highest BCUT2D eigenvalue weighted by Crippen LogP contribution is 2.38. The number of thioether (sulfide) groups is 1. The maximum Gasteiger partial charge on any atom is 0.0713 e. The van der Waals surface area contributed by atoms with E-state index in [-0.39, 0.29) is 5.60 Å². The molecule has 0 aromatic rings. The van der Waals surface area contributed by atoms with E-state index in [4.69, 9.17) is 9.47 Å². The molecule has 0 aromatic heterocycles. The number of rotatable bonds is 3. The summed E-state index contributed by atoms with van der Waals surface area (Å²) in [5, 5.41) is 3.89. The number of hydrogen-bond acceptors (Lipinski definition) is 4. The largest absolute Gasteiger partial charge is 0.381 e. The van der Waals surface area contributed by atoms with Crippen LogP contribution in [0.3, 0.4) is 0 Å². The summed E-state index contributed by atoms with van der Waals surface area (Å²) < 4.78 is 11.6. The average molecular weight is 285 g/mol. The molecule has 0 bridgehead atoms. The third kappa shape index (κ3) is 3.46. The highest BCUT2D eigenvalue weighted by atomic mass is 32.2. The molecule has 3 atom stereocenters. The van der Waals surface area contributed by atoms with Crippen LogP contribution in [0, 0.1) is 0 Å². The van der Waals surface area contributed by atoms with Crippen molar-refractivity contribution in [2.75, 3.05) is 25.2 Å². The van der Waals surface area contributed by atoms with Crippen molar-refractivity contribution in [2.24, 2.45) is 0 Å². The van der Waals surface area contributed by atoms with Crippen molar-refractivity contribution in [2.45, 2.75) is 68.7 Å². The molecular formula is C15H27NO2S. The molecule has 110 valence electrons. The normalized spacial score (nSPS) is 38.7. The molecule has 2 saturated heterocycles. The van der Waals surface area contributed by atoms with E-state index >= 15 is 0 Å². The summed E-state index contributed by atoms with van der Waals surface area (Å²) in [5.41, 5.74) is 0.209. The van der Waals surface area contributed by atoms with Gasteiger partial charge in [-0.1, -0.05) is 0 Å². The zero-order chi connectivity index (χ0) is 13.1. The Morgan fingerprint density at radius 3 is 2.74 bits per heavy atom. The first-order valence-corrected chi connectivity index (χ1v) is 8.96. The fourth-order valence-corrected chi connectivity index (χ4v) is 5.14. The van der Waals surface area contributed by atoms with Crippen molar-refractivity contribution in [3.05, 3.63) is 0 Å². The number of hydrogen-bond donors (Lipinski definition) is 1. The zero-order valence-corrected chi connectivity index (χ0v) is 12.8. The molecule has 3 aliphatic rings. The Labute approximate surface area is 121 Å². The van der Waals surface area contributed by atoms with Gasteiger partial charge in [0.25, 0.3) is 0 Å². The van der Waals surface area contributed by atoms with Crippen LogP contribution >= 0.6 is 11.8 Å². The molecule has 1 spiro atoms. The fraction of sp³-hybridized carbons (Fsp3) is 1.00. The van der Waals surface area contributed by atoms with Crippen molar-refractivity contribution in [3.8, 4) is 0 Å². The molecule has 3 unspecified atom stereocenters. The molecular weight excluding hydrogens is 258 g/mol. The van der Waals surface area contributed by atoms with E-state index in [0.717, 1.165) is 6.61 Å². The second-order valence-corrected chi connectivity index (χ2v) is 7.59. The van der Waals surface area contributed by atoms with Gasteiger partial charge in [-0.2, -0.15) is 11.8 Å². The lowest BCUT2D eigenvalue weighted by molar-refractivity contribution is -0.0942. The average Bonchev–Trinajstić information content (AvgIpc) is 2.87. The summed E-state index contributed by atoms with van der Waals surface area (Å²) in [7, 11) is 1.84. The summed E-state index contributed by atoms with van der Waals surface area (Å²) in [6.07, 6.45) is 9.08. The summed E-state index contributed by atoms with van der Waals surface area (Å²) in [6.45, 7) is 0.947. The molecule has 2 heterocycles. The minimum absolute atomic E-state index is 0.209. The van der Waals surface area contributed by atoms with Gasteiger partial charge in [-0.3, -0.25) is 0 Å². The van der Waals surface area contributed by atoms with Gasteiger partial charge in [0.15, 0.2) is 0 Å². The summed E-state index contributed by atoms with van der Waals surface area (Å²) in [5.74, 6) is 2.56. The minimum atomic E-state index is 0.209. The molecule has 0 aromatic carbocycles. The summed E-state index contributed by atoms with van der Waals surface area (Å²) >= 11 is 2.08. The van der Waals surface area contributed by atoms with Gasteiger partial charge >= 0.3 is 0 Å². The van der Waals surface area contributed by atoms with Crippen LogP contribution in [0.15, 0.2) is 0 Å². The van der Waals surface area contributed by atoms with E-state index in [1.54, 1.807) is 0 Å². The van der Waals surface area contributed by atoms with Gasteiger partial charge in [-0.25, -0.2) is 0 Å². The Kier molecular flexibility index (Phi) is 4.73. The molecule has 3 rings (SSSR count). The quantitative estimate of drug-likeness (QED) is 0.863. The van der Waals surface area contributed by atoms with Gasteiger partial charge in [0.2, 0.25) is 0 Å². The molecule has 0 amide bonds. The van der Waals surface area contributed by atoms with Gasteiger partial charge in [0.05, 0.1) is 11.7 Å². The van der Waals surface area contributed by atoms with Crippen LogP contribution in [0.25, 0.3) is 0 Å². The van der Waals surface area contributed by atoms with Gasteiger partial charge < -0.3 is 14.8 Å². The Morgan fingerprint density at radius 1 is 1.16 bits per heavy atom. The maximum atomic E-state index is 6.17. The standard InChI is InChI=1S/C15H27NO2S/c1-17-14-3-2-12(10-14)16-13-4-7-18-15(11-13)5-8-19-9-6-15/h12-14,16H,2-11H2,1H3. The molecule has 3 nitrogen and oxygen atoms in total. The van der Waals surface area contributed by atoms with E-state index in [1.165, 1.54) is 56.5 Å². The lowest BCUT2D eigenvalue weighted by Crippen LogP contribution is -2.50. The van der Waals surface area contributed by atoms with E-state index in [0.29, 0.717) is 18.2 Å². The first-order valence-electron chi connectivity index (χ1n) is 7.80. The van der Waals surface area contributed by atoms with Gasteiger partial charge in [0, 0.05) is 25.8 Å². The highest BCUT2D eigenvalue weighted by Gasteiger charge is 2.39. The Morgan fingerprint density at radius 2 is 2.00 bits per heavy atom. The van der Waals surface area contributed by atoms with Gasteiger partial charge in [0.1, 0.15) is 0 Å². The first kappa shape index (κ1) is 14.2. The van der Waals surface area contributed by atoms with Crippen LogP contribution in [0.2, 0.25) is 0 Å². The van der Waals surface area contributed by atoms with Crippen LogP contribution in [-0.2, 0) is 9.47 Å². The third-order valence-corrected chi connectivity index (χ3v) is 6.07. The fourth-order valence-electron chi connectivity index (χ4n) is 3.90. The number of ether oxygens (including phenoxy) is 2. The van der Waals surface area contributed by atoms with E-state index in [1.807, 2.05) is 7.11 Å². The second kappa shape index (κ2) is 6.33. The predicted octanol–water partition coefficient (Wildman–Crippen LogP) is 2.59. The van der Waals surface area contributed by atoms with Crippen LogP contribution in [0.5, 0.6) is 0 Å². The number of nitrogens with one attached hydrogen (secondary N) is 1. The minimum Gasteiger partial charge on any atom is -0.381 e. The van der Waals surface area contributed by atoms with Crippen molar-refractivity contribution in [1.29, 1.82) is 0 Å². The van der Waals surface area contributed by atoms with Gasteiger partial charge in [-0.15, -0.1) is 0 Å². The van der Waals surface area contributed by atoms with Crippen LogP contribution in [0.1, 0.15) is 44.9 Å². The van der Waals surface area contributed by atoms with E-state index in [9.17, 15) is 0 Å². The molecule has 4 heteroatoms. The molecule has 0 radical (unpaired) electrons. The molecule has 1 aliphatic carbocycles. The van der Waals surface area contributed by atoms with Crippen molar-refractivity contribution in [3.63, 3.8) is 0 Å². The van der Waals surface area contributed by atoms with Crippen molar-refractivity contribution < 1.29 is 9.47 Å². The second-order valence-electron chi connectivity index (χ2n) is 6.37. The van der Waals surface area contributed by atoms with Crippen LogP contribution in [0.4, 0.5) is 0 Å². The lowest BCUT2D eigenvalue weighted by Gasteiger charge is -2.44. The summed E-state index contributed by atoms with van der Waals surface area (Å²) in [6, 6.07) is 1.33. The number of methoxy groups -OCH3 is 1. The molecule has 1 saturated carbocycles. The smallest absolute Gasteiger partial charge is 0.0713 e. The Bertz CT molecular complexity index is 288. The van der Waals surface area contributed by atoms with Crippen LogP contribution < -0.4 is 5.32 Å². The van der Waals surface area contributed by atoms with Gasteiger partial charge in [-0.05, 0) is 56.5 Å². The molecule has 19 heavy (non-hydrogen) atoms. The zero-order valence-electron chi connectivity index (χ0n) is 12.0. The Balaban J connectivity index is 1.51. The first-order chi connectivity index (χ1) is 9.30. The summed E-state index contributed by atoms with van der Waals surface area (Å²) in [4.78, 5) is 0. The topological polar surface area (TPSA) is 30.5 Å². The van der Waals surface area contributed by atoms with Crippen LogP contribution in [-0.4, -0.2) is 49.0 Å².